The van der Waals surface area contributed by atoms with Crippen LogP contribution in [0.1, 0.15) is 18.4 Å². The number of hydrogen-bond acceptors (Lipinski definition) is 2. The fraction of sp³-hybridized carbons (Fsp3) is 0.500. The maximum absolute atomic E-state index is 9.80. The molecule has 1 aromatic carbocycles. The van der Waals surface area contributed by atoms with Crippen LogP contribution in [0, 0.1) is 0 Å². The van der Waals surface area contributed by atoms with Crippen molar-refractivity contribution in [1.82, 2.24) is 0 Å². The number of halogens is 2. The molecule has 0 saturated heterocycles. The molecule has 0 heterocycles. The maximum Gasteiger partial charge on any atom is 0.0595 e. The molecule has 90 valence electrons. The van der Waals surface area contributed by atoms with Crippen LogP contribution in [0.5, 0.6) is 0 Å². The van der Waals surface area contributed by atoms with Gasteiger partial charge in [0.05, 0.1) is 16.1 Å². The van der Waals surface area contributed by atoms with Crippen LogP contribution in [0.2, 0.25) is 10.0 Å². The van der Waals surface area contributed by atoms with E-state index in [2.05, 4.69) is 6.26 Å². The van der Waals surface area contributed by atoms with Gasteiger partial charge < -0.3 is 5.11 Å². The van der Waals surface area contributed by atoms with Crippen LogP contribution in [0.15, 0.2) is 18.2 Å². The van der Waals surface area contributed by atoms with Crippen molar-refractivity contribution in [1.29, 1.82) is 0 Å². The molecule has 1 rings (SSSR count). The smallest absolute Gasteiger partial charge is 0.0595 e. The molecule has 4 heteroatoms. The molecule has 0 bridgehead atoms. The van der Waals surface area contributed by atoms with Gasteiger partial charge in [-0.05, 0) is 49.0 Å². The van der Waals surface area contributed by atoms with E-state index < -0.39 is 0 Å². The van der Waals surface area contributed by atoms with Crippen LogP contribution in [-0.2, 0) is 6.42 Å². The van der Waals surface area contributed by atoms with Gasteiger partial charge in [-0.3, -0.25) is 0 Å². The highest BCUT2D eigenvalue weighted by Gasteiger charge is 2.06. The standard InChI is InChI=1S/C12H16Cl2OS/c1-16-6-2-3-10(15)7-9-4-5-11(13)12(14)8-9/h4-5,8,10,15H,2-3,6-7H2,1H3. The summed E-state index contributed by atoms with van der Waals surface area (Å²) in [6.07, 6.45) is 4.31. The second-order valence-corrected chi connectivity index (χ2v) is 5.54. The van der Waals surface area contributed by atoms with Gasteiger partial charge in [-0.2, -0.15) is 11.8 Å². The van der Waals surface area contributed by atoms with Crippen LogP contribution in [0.3, 0.4) is 0 Å². The minimum absolute atomic E-state index is 0.288. The first-order chi connectivity index (χ1) is 7.63. The summed E-state index contributed by atoms with van der Waals surface area (Å²) in [5.74, 6) is 1.10. The second-order valence-electron chi connectivity index (χ2n) is 3.74. The first-order valence-corrected chi connectivity index (χ1v) is 7.39. The zero-order valence-corrected chi connectivity index (χ0v) is 11.6. The fourth-order valence-corrected chi connectivity index (χ4v) is 2.28. The van der Waals surface area contributed by atoms with E-state index in [0.717, 1.165) is 24.2 Å². The Balaban J connectivity index is 2.43. The SMILES string of the molecule is CSCCCC(O)Cc1ccc(Cl)c(Cl)c1. The first kappa shape index (κ1) is 14.2. The van der Waals surface area contributed by atoms with Gasteiger partial charge in [0.15, 0.2) is 0 Å². The van der Waals surface area contributed by atoms with Crippen molar-refractivity contribution in [2.75, 3.05) is 12.0 Å². The zero-order chi connectivity index (χ0) is 12.0. The van der Waals surface area contributed by atoms with Gasteiger partial charge >= 0.3 is 0 Å². The lowest BCUT2D eigenvalue weighted by Gasteiger charge is -2.10. The molecular weight excluding hydrogens is 263 g/mol. The third-order valence-corrected chi connectivity index (χ3v) is 3.78. The van der Waals surface area contributed by atoms with Crippen molar-refractivity contribution < 1.29 is 5.11 Å². The van der Waals surface area contributed by atoms with Gasteiger partial charge in [-0.25, -0.2) is 0 Å². The highest BCUT2D eigenvalue weighted by atomic mass is 35.5. The minimum atomic E-state index is -0.288. The summed E-state index contributed by atoms with van der Waals surface area (Å²) in [7, 11) is 0. The third-order valence-electron chi connectivity index (χ3n) is 2.34. The lowest BCUT2D eigenvalue weighted by atomic mass is 10.0. The van der Waals surface area contributed by atoms with Crippen molar-refractivity contribution >= 4 is 35.0 Å². The Kier molecular flexibility index (Phi) is 6.59. The summed E-state index contributed by atoms with van der Waals surface area (Å²) in [5.41, 5.74) is 1.03. The van der Waals surface area contributed by atoms with Crippen molar-refractivity contribution in [2.24, 2.45) is 0 Å². The Morgan fingerprint density at radius 1 is 1.31 bits per heavy atom. The fourth-order valence-electron chi connectivity index (χ4n) is 1.50. The molecule has 0 spiro atoms. The number of hydrogen-bond donors (Lipinski definition) is 1. The van der Waals surface area contributed by atoms with Crippen LogP contribution < -0.4 is 0 Å². The normalized spacial score (nSPS) is 12.8. The van der Waals surface area contributed by atoms with Gasteiger partial charge in [0.1, 0.15) is 0 Å². The number of aliphatic hydroxyl groups excluding tert-OH is 1. The van der Waals surface area contributed by atoms with E-state index in [-0.39, 0.29) is 6.10 Å². The van der Waals surface area contributed by atoms with E-state index in [0.29, 0.717) is 16.5 Å². The highest BCUT2D eigenvalue weighted by Crippen LogP contribution is 2.23. The molecule has 0 radical (unpaired) electrons. The topological polar surface area (TPSA) is 20.2 Å². The van der Waals surface area contributed by atoms with Crippen molar-refractivity contribution in [3.8, 4) is 0 Å². The van der Waals surface area contributed by atoms with Crippen LogP contribution in [0.25, 0.3) is 0 Å². The summed E-state index contributed by atoms with van der Waals surface area (Å²) >= 11 is 13.5. The Morgan fingerprint density at radius 2 is 2.06 bits per heavy atom. The first-order valence-electron chi connectivity index (χ1n) is 5.24. The quantitative estimate of drug-likeness (QED) is 0.793. The molecule has 1 N–H and O–H groups in total. The monoisotopic (exact) mass is 278 g/mol. The van der Waals surface area contributed by atoms with E-state index in [1.807, 2.05) is 12.1 Å². The van der Waals surface area contributed by atoms with Crippen molar-refractivity contribution in [2.45, 2.75) is 25.4 Å². The largest absolute Gasteiger partial charge is 0.393 e. The van der Waals surface area contributed by atoms with Crippen LogP contribution in [0.4, 0.5) is 0 Å². The number of benzene rings is 1. The van der Waals surface area contributed by atoms with Gasteiger partial charge in [0, 0.05) is 0 Å². The molecule has 16 heavy (non-hydrogen) atoms. The molecule has 0 aromatic heterocycles. The molecular formula is C12H16Cl2OS. The Hall–Kier alpha value is 0.110. The molecule has 0 amide bonds. The summed E-state index contributed by atoms with van der Waals surface area (Å²) in [6.45, 7) is 0. The molecule has 0 aliphatic carbocycles. The molecule has 0 saturated carbocycles. The van der Waals surface area contributed by atoms with E-state index in [1.165, 1.54) is 0 Å². The van der Waals surface area contributed by atoms with Gasteiger partial charge in [-0.1, -0.05) is 29.3 Å². The molecule has 0 fully saturated rings. The lowest BCUT2D eigenvalue weighted by molar-refractivity contribution is 0.164. The van der Waals surface area contributed by atoms with Gasteiger partial charge in [0.2, 0.25) is 0 Å². The number of thioether (sulfide) groups is 1. The predicted molar refractivity (Wildman–Crippen MR) is 73.8 cm³/mol. The third kappa shape index (κ3) is 4.96. The predicted octanol–water partition coefficient (Wildman–Crippen LogP) is 4.04. The Bertz CT molecular complexity index is 331. The average molecular weight is 279 g/mol. The molecule has 1 atom stereocenters. The zero-order valence-electron chi connectivity index (χ0n) is 9.25. The minimum Gasteiger partial charge on any atom is -0.393 e. The summed E-state index contributed by atoms with van der Waals surface area (Å²) < 4.78 is 0. The van der Waals surface area contributed by atoms with Gasteiger partial charge in [-0.15, -0.1) is 0 Å². The lowest BCUT2D eigenvalue weighted by Crippen LogP contribution is -2.10. The van der Waals surface area contributed by atoms with Gasteiger partial charge in [0.25, 0.3) is 0 Å². The molecule has 1 nitrogen and oxygen atoms in total. The summed E-state index contributed by atoms with van der Waals surface area (Å²) in [4.78, 5) is 0. The number of rotatable bonds is 6. The highest BCUT2D eigenvalue weighted by molar-refractivity contribution is 7.98. The molecule has 0 aliphatic rings. The van der Waals surface area contributed by atoms with E-state index in [1.54, 1.807) is 17.8 Å². The summed E-state index contributed by atoms with van der Waals surface area (Å²) in [6, 6.07) is 5.50. The van der Waals surface area contributed by atoms with E-state index >= 15 is 0 Å². The summed E-state index contributed by atoms with van der Waals surface area (Å²) in [5, 5.41) is 10.9. The van der Waals surface area contributed by atoms with Crippen LogP contribution >= 0.6 is 35.0 Å². The van der Waals surface area contributed by atoms with E-state index in [9.17, 15) is 5.11 Å². The number of aliphatic hydroxyl groups is 1. The van der Waals surface area contributed by atoms with E-state index in [4.69, 9.17) is 23.2 Å². The van der Waals surface area contributed by atoms with Crippen molar-refractivity contribution in [3.63, 3.8) is 0 Å². The molecule has 1 unspecified atom stereocenters. The molecule has 1 aromatic rings. The Morgan fingerprint density at radius 3 is 2.69 bits per heavy atom. The second kappa shape index (κ2) is 7.44. The maximum atomic E-state index is 9.80. The molecule has 0 aliphatic heterocycles. The Labute approximate surface area is 111 Å². The van der Waals surface area contributed by atoms with Crippen molar-refractivity contribution in [3.05, 3.63) is 33.8 Å². The average Bonchev–Trinajstić information content (AvgIpc) is 2.24. The van der Waals surface area contributed by atoms with Crippen LogP contribution in [-0.4, -0.2) is 23.2 Å².